The molecule has 0 aliphatic heterocycles. The highest BCUT2D eigenvalue weighted by atomic mass is 79.9. The summed E-state index contributed by atoms with van der Waals surface area (Å²) in [4.78, 5) is 13.0. The fourth-order valence-corrected chi connectivity index (χ4v) is 1.77. The summed E-state index contributed by atoms with van der Waals surface area (Å²) in [5.74, 6) is -0.126. The summed E-state index contributed by atoms with van der Waals surface area (Å²) in [6.45, 7) is 3.69. The number of sulfone groups is 1. The molecule has 0 spiro atoms. The molecule has 1 amide bonds. The van der Waals surface area contributed by atoms with Crippen molar-refractivity contribution in [3.05, 3.63) is 0 Å². The van der Waals surface area contributed by atoms with Crippen molar-refractivity contribution >= 4 is 31.7 Å². The average Bonchev–Trinajstić information content (AvgIpc) is 1.95. The van der Waals surface area contributed by atoms with Crippen molar-refractivity contribution in [1.82, 2.24) is 4.90 Å². The molecule has 0 rings (SSSR count). The van der Waals surface area contributed by atoms with E-state index in [1.807, 2.05) is 0 Å². The summed E-state index contributed by atoms with van der Waals surface area (Å²) >= 11 is 3.22. The van der Waals surface area contributed by atoms with Crippen LogP contribution in [0.1, 0.15) is 13.8 Å². The predicted molar refractivity (Wildman–Crippen MR) is 60.4 cm³/mol. The lowest BCUT2D eigenvalue weighted by Crippen LogP contribution is -2.41. The number of hydrogen-bond donors (Lipinski definition) is 0. The van der Waals surface area contributed by atoms with E-state index in [9.17, 15) is 13.2 Å². The van der Waals surface area contributed by atoms with Gasteiger partial charge in [-0.25, -0.2) is 8.42 Å². The van der Waals surface area contributed by atoms with Gasteiger partial charge in [-0.05, 0) is 13.8 Å². The van der Waals surface area contributed by atoms with Crippen molar-refractivity contribution < 1.29 is 13.2 Å². The van der Waals surface area contributed by atoms with Gasteiger partial charge in [0.1, 0.15) is 9.84 Å². The third-order valence-corrected chi connectivity index (χ3v) is 2.92. The first-order chi connectivity index (χ1) is 6.04. The second-order valence-electron chi connectivity index (χ2n) is 3.83. The van der Waals surface area contributed by atoms with E-state index >= 15 is 0 Å². The Morgan fingerprint density at radius 3 is 2.14 bits per heavy atom. The topological polar surface area (TPSA) is 54.5 Å². The molecule has 0 N–H and O–H groups in total. The van der Waals surface area contributed by atoms with Crippen molar-refractivity contribution in [2.24, 2.45) is 0 Å². The van der Waals surface area contributed by atoms with E-state index in [2.05, 4.69) is 15.9 Å². The van der Waals surface area contributed by atoms with Crippen LogP contribution in [0, 0.1) is 0 Å². The zero-order valence-corrected chi connectivity index (χ0v) is 11.3. The lowest BCUT2D eigenvalue weighted by Gasteiger charge is -2.24. The van der Waals surface area contributed by atoms with Gasteiger partial charge in [0.2, 0.25) is 5.91 Å². The number of nitrogens with zero attached hydrogens (tertiary/aromatic N) is 1. The first kappa shape index (κ1) is 13.9. The Morgan fingerprint density at radius 2 is 1.86 bits per heavy atom. The van der Waals surface area contributed by atoms with Crippen LogP contribution in [-0.2, 0) is 14.6 Å². The van der Waals surface area contributed by atoms with Crippen molar-refractivity contribution in [1.29, 1.82) is 0 Å². The minimum absolute atomic E-state index is 0.00167. The molecule has 0 atom stereocenters. The summed E-state index contributed by atoms with van der Waals surface area (Å²) < 4.78 is 21.1. The maximum Gasteiger partial charge on any atom is 0.238 e. The average molecular weight is 286 g/mol. The van der Waals surface area contributed by atoms with Crippen molar-refractivity contribution in [3.8, 4) is 0 Å². The Kier molecular flexibility index (Phi) is 4.58. The minimum atomic E-state index is -3.01. The van der Waals surface area contributed by atoms with E-state index in [1.54, 1.807) is 20.9 Å². The molecule has 0 saturated carbocycles. The highest BCUT2D eigenvalue weighted by molar-refractivity contribution is 9.10. The molecule has 4 nitrogen and oxygen atoms in total. The van der Waals surface area contributed by atoms with Crippen LogP contribution >= 0.6 is 15.9 Å². The lowest BCUT2D eigenvalue weighted by molar-refractivity contribution is -0.131. The van der Waals surface area contributed by atoms with Gasteiger partial charge in [-0.1, -0.05) is 15.9 Å². The van der Waals surface area contributed by atoms with Gasteiger partial charge in [0.05, 0.1) is 10.1 Å². The largest absolute Gasteiger partial charge is 0.344 e. The van der Waals surface area contributed by atoms with E-state index < -0.39 is 14.2 Å². The molecule has 0 aromatic carbocycles. The zero-order chi connectivity index (χ0) is 11.6. The summed E-state index contributed by atoms with van der Waals surface area (Å²) in [6.07, 6.45) is 1.16. The molecular weight excluding hydrogens is 270 g/mol. The summed E-state index contributed by atoms with van der Waals surface area (Å²) in [6, 6.07) is 0. The lowest BCUT2D eigenvalue weighted by atomic mass is 10.2. The number of alkyl halides is 1. The standard InChI is InChI=1S/C8H16BrNO3S/c1-8(2,9)7(11)10(3)5-6-14(4,12)13/h5-6H2,1-4H3. The van der Waals surface area contributed by atoms with Crippen LogP contribution < -0.4 is 0 Å². The second-order valence-corrected chi connectivity index (χ2v) is 8.07. The van der Waals surface area contributed by atoms with E-state index in [1.165, 1.54) is 4.90 Å². The van der Waals surface area contributed by atoms with Crippen LogP contribution in [0.15, 0.2) is 0 Å². The molecule has 0 saturated heterocycles. The van der Waals surface area contributed by atoms with Gasteiger partial charge in [-0.15, -0.1) is 0 Å². The van der Waals surface area contributed by atoms with E-state index in [4.69, 9.17) is 0 Å². The molecule has 0 aromatic rings. The van der Waals surface area contributed by atoms with E-state index in [0.29, 0.717) is 0 Å². The Morgan fingerprint density at radius 1 is 1.43 bits per heavy atom. The van der Waals surface area contributed by atoms with Crippen LogP contribution in [-0.4, -0.2) is 49.2 Å². The van der Waals surface area contributed by atoms with Gasteiger partial charge in [0.15, 0.2) is 0 Å². The van der Waals surface area contributed by atoms with Gasteiger partial charge in [-0.2, -0.15) is 0 Å². The van der Waals surface area contributed by atoms with Gasteiger partial charge in [-0.3, -0.25) is 4.79 Å². The molecule has 0 heterocycles. The fraction of sp³-hybridized carbons (Fsp3) is 0.875. The van der Waals surface area contributed by atoms with Crippen molar-refractivity contribution in [2.45, 2.75) is 18.2 Å². The predicted octanol–water partition coefficient (Wildman–Crippen LogP) is 0.663. The summed E-state index contributed by atoms with van der Waals surface area (Å²) in [5.41, 5.74) is 0. The molecule has 14 heavy (non-hydrogen) atoms. The molecule has 0 radical (unpaired) electrons. The molecule has 0 unspecified atom stereocenters. The van der Waals surface area contributed by atoms with Crippen LogP contribution in [0.3, 0.4) is 0 Å². The van der Waals surface area contributed by atoms with Crippen molar-refractivity contribution in [3.63, 3.8) is 0 Å². The number of halogens is 1. The van der Waals surface area contributed by atoms with Gasteiger partial charge in [0, 0.05) is 19.8 Å². The summed E-state index contributed by atoms with van der Waals surface area (Å²) in [7, 11) is -1.41. The molecule has 0 aliphatic rings. The molecule has 0 aliphatic carbocycles. The third kappa shape index (κ3) is 5.59. The third-order valence-electron chi connectivity index (χ3n) is 1.65. The number of hydrogen-bond acceptors (Lipinski definition) is 3. The van der Waals surface area contributed by atoms with Crippen LogP contribution in [0.4, 0.5) is 0 Å². The molecule has 0 aromatic heterocycles. The maximum absolute atomic E-state index is 11.6. The highest BCUT2D eigenvalue weighted by Crippen LogP contribution is 2.18. The Balaban J connectivity index is 4.24. The number of carbonyl (C=O) groups is 1. The molecular formula is C8H16BrNO3S. The van der Waals surface area contributed by atoms with Gasteiger partial charge < -0.3 is 4.90 Å². The number of carbonyl (C=O) groups excluding carboxylic acids is 1. The van der Waals surface area contributed by atoms with Crippen LogP contribution in [0.2, 0.25) is 0 Å². The van der Waals surface area contributed by atoms with E-state index in [0.717, 1.165) is 6.26 Å². The summed E-state index contributed by atoms with van der Waals surface area (Å²) in [5, 5.41) is 0. The first-order valence-electron chi connectivity index (χ1n) is 4.16. The monoisotopic (exact) mass is 285 g/mol. The zero-order valence-electron chi connectivity index (χ0n) is 8.87. The minimum Gasteiger partial charge on any atom is -0.344 e. The first-order valence-corrected chi connectivity index (χ1v) is 7.01. The number of rotatable bonds is 4. The van der Waals surface area contributed by atoms with Gasteiger partial charge in [0.25, 0.3) is 0 Å². The Hall–Kier alpha value is -0.100. The Bertz CT molecular complexity index is 305. The smallest absolute Gasteiger partial charge is 0.238 e. The van der Waals surface area contributed by atoms with Crippen LogP contribution in [0.25, 0.3) is 0 Å². The maximum atomic E-state index is 11.6. The fourth-order valence-electron chi connectivity index (χ4n) is 0.858. The molecule has 6 heteroatoms. The molecule has 84 valence electrons. The van der Waals surface area contributed by atoms with Crippen LogP contribution in [0.5, 0.6) is 0 Å². The SMILES string of the molecule is CN(CCS(C)(=O)=O)C(=O)C(C)(C)Br. The quantitative estimate of drug-likeness (QED) is 0.714. The normalized spacial score (nSPS) is 12.6. The number of amides is 1. The Labute approximate surface area is 93.7 Å². The molecule has 0 fully saturated rings. The second kappa shape index (κ2) is 4.61. The molecule has 0 bridgehead atoms. The van der Waals surface area contributed by atoms with Gasteiger partial charge >= 0.3 is 0 Å². The van der Waals surface area contributed by atoms with E-state index in [-0.39, 0.29) is 18.2 Å². The van der Waals surface area contributed by atoms with Crippen molar-refractivity contribution in [2.75, 3.05) is 25.6 Å². The highest BCUT2D eigenvalue weighted by Gasteiger charge is 2.27.